The zero-order chi connectivity index (χ0) is 26.6. The maximum atomic E-state index is 13.9. The number of fused-ring (bicyclic) bond motifs is 1. The molecule has 0 saturated heterocycles. The van der Waals surface area contributed by atoms with Crippen LogP contribution in [0.15, 0.2) is 101 Å². The van der Waals surface area contributed by atoms with E-state index in [1.54, 1.807) is 24.3 Å². The molecule has 0 radical (unpaired) electrons. The monoisotopic (exact) mass is 537 g/mol. The number of carbonyl (C=O) groups excluding carboxylic acids is 1. The van der Waals surface area contributed by atoms with E-state index >= 15 is 0 Å². The second kappa shape index (κ2) is 10.7. The van der Waals surface area contributed by atoms with Gasteiger partial charge >= 0.3 is 0 Å². The fourth-order valence-electron chi connectivity index (χ4n) is 4.08. The minimum Gasteiger partial charge on any atom is -0.324 e. The van der Waals surface area contributed by atoms with Crippen LogP contribution < -0.4 is 9.03 Å². The first-order valence-electron chi connectivity index (χ1n) is 11.8. The van der Waals surface area contributed by atoms with E-state index in [0.717, 1.165) is 0 Å². The molecule has 192 valence electrons. The van der Waals surface area contributed by atoms with E-state index in [0.29, 0.717) is 22.2 Å². The van der Waals surface area contributed by atoms with Crippen LogP contribution in [0.4, 0.5) is 11.4 Å². The van der Waals surface area contributed by atoms with Crippen LogP contribution in [0.3, 0.4) is 0 Å². The molecule has 4 aromatic rings. The standard InChI is InChI=1S/C27H27N3O5S2/c1-3-20(4-2)27(31)29-24-17-18-25(23-16-11-19-28-26(23)24)30(36(32,33)21-12-7-5-8-13-21)37(34,35)22-14-9-6-10-15-22/h5-20H,3-4H2,1-2H3,(H,29,31). The highest BCUT2D eigenvalue weighted by Crippen LogP contribution is 2.38. The average Bonchev–Trinajstić information content (AvgIpc) is 2.91. The molecule has 0 saturated carbocycles. The Kier molecular flexibility index (Phi) is 7.60. The molecule has 0 aliphatic rings. The van der Waals surface area contributed by atoms with Gasteiger partial charge in [0.05, 0.1) is 26.7 Å². The number of benzene rings is 3. The molecule has 4 rings (SSSR count). The molecule has 8 nitrogen and oxygen atoms in total. The van der Waals surface area contributed by atoms with E-state index in [-0.39, 0.29) is 38.2 Å². The average molecular weight is 538 g/mol. The van der Waals surface area contributed by atoms with Gasteiger partial charge in [-0.05, 0) is 61.4 Å². The van der Waals surface area contributed by atoms with Gasteiger partial charge in [-0.3, -0.25) is 9.78 Å². The van der Waals surface area contributed by atoms with Gasteiger partial charge in [0.15, 0.2) is 0 Å². The van der Waals surface area contributed by atoms with Crippen LogP contribution in [-0.4, -0.2) is 27.7 Å². The molecule has 1 heterocycles. The molecule has 0 spiro atoms. The lowest BCUT2D eigenvalue weighted by atomic mass is 10.0. The van der Waals surface area contributed by atoms with Crippen LogP contribution in [-0.2, 0) is 24.8 Å². The summed E-state index contributed by atoms with van der Waals surface area (Å²) < 4.78 is 56.0. The zero-order valence-electron chi connectivity index (χ0n) is 20.4. The lowest BCUT2D eigenvalue weighted by molar-refractivity contribution is -0.120. The molecule has 0 atom stereocenters. The highest BCUT2D eigenvalue weighted by atomic mass is 32.3. The van der Waals surface area contributed by atoms with Crippen molar-refractivity contribution in [3.8, 4) is 0 Å². The third-order valence-corrected chi connectivity index (χ3v) is 10.3. The SMILES string of the molecule is CCC(CC)C(=O)Nc1ccc(N(S(=O)(=O)c2ccccc2)S(=O)(=O)c2ccccc2)c2cccnc12. The summed E-state index contributed by atoms with van der Waals surface area (Å²) in [5.41, 5.74) is 0.539. The van der Waals surface area contributed by atoms with Gasteiger partial charge in [0, 0.05) is 17.5 Å². The highest BCUT2D eigenvalue weighted by Gasteiger charge is 2.38. The maximum Gasteiger partial charge on any atom is 0.277 e. The number of amides is 1. The molecule has 0 aliphatic heterocycles. The number of nitrogens with one attached hydrogen (secondary N) is 1. The first-order chi connectivity index (χ1) is 17.7. The van der Waals surface area contributed by atoms with Gasteiger partial charge in [-0.25, -0.2) is 16.8 Å². The van der Waals surface area contributed by atoms with Gasteiger partial charge in [-0.1, -0.05) is 50.2 Å². The van der Waals surface area contributed by atoms with Crippen LogP contribution >= 0.6 is 0 Å². The molecule has 0 unspecified atom stereocenters. The van der Waals surface area contributed by atoms with Crippen molar-refractivity contribution in [3.05, 3.63) is 91.1 Å². The number of nitrogens with zero attached hydrogens (tertiary/aromatic N) is 2. The lowest BCUT2D eigenvalue weighted by Crippen LogP contribution is -2.37. The van der Waals surface area contributed by atoms with E-state index in [4.69, 9.17) is 0 Å². The van der Waals surface area contributed by atoms with Crippen LogP contribution in [0.1, 0.15) is 26.7 Å². The summed E-state index contributed by atoms with van der Waals surface area (Å²) in [7, 11) is -9.16. The quantitative estimate of drug-likeness (QED) is 0.314. The number of carbonyl (C=O) groups is 1. The van der Waals surface area contributed by atoms with Crippen molar-refractivity contribution in [3.63, 3.8) is 0 Å². The Hall–Kier alpha value is -3.76. The molecule has 0 bridgehead atoms. The number of hydrogen-bond donors (Lipinski definition) is 1. The number of sulfonamides is 2. The summed E-state index contributed by atoms with van der Waals surface area (Å²) in [4.78, 5) is 16.8. The molecule has 10 heteroatoms. The van der Waals surface area contributed by atoms with Crippen molar-refractivity contribution in [2.45, 2.75) is 36.5 Å². The van der Waals surface area contributed by atoms with E-state index in [1.807, 2.05) is 13.8 Å². The first-order valence-corrected chi connectivity index (χ1v) is 14.7. The van der Waals surface area contributed by atoms with Crippen molar-refractivity contribution in [2.75, 3.05) is 9.03 Å². The van der Waals surface area contributed by atoms with E-state index in [9.17, 15) is 21.6 Å². The topological polar surface area (TPSA) is 114 Å². The van der Waals surface area contributed by atoms with Crippen molar-refractivity contribution in [1.29, 1.82) is 0 Å². The smallest absolute Gasteiger partial charge is 0.277 e. The molecule has 0 fully saturated rings. The Morgan fingerprint density at radius 1 is 0.784 bits per heavy atom. The van der Waals surface area contributed by atoms with Gasteiger partial charge in [-0.15, -0.1) is 0 Å². The largest absolute Gasteiger partial charge is 0.324 e. The number of pyridine rings is 1. The second-order valence-electron chi connectivity index (χ2n) is 8.37. The molecular weight excluding hydrogens is 510 g/mol. The molecule has 37 heavy (non-hydrogen) atoms. The Bertz CT molecular complexity index is 1550. The normalized spacial score (nSPS) is 12.0. The van der Waals surface area contributed by atoms with Gasteiger partial charge in [0.2, 0.25) is 5.91 Å². The van der Waals surface area contributed by atoms with Crippen molar-refractivity contribution in [1.82, 2.24) is 4.98 Å². The molecule has 1 amide bonds. The Morgan fingerprint density at radius 2 is 1.32 bits per heavy atom. The van der Waals surface area contributed by atoms with Crippen LogP contribution in [0.25, 0.3) is 10.9 Å². The Labute approximate surface area is 217 Å². The molecule has 3 aromatic carbocycles. The van der Waals surface area contributed by atoms with Crippen LogP contribution in [0.5, 0.6) is 0 Å². The van der Waals surface area contributed by atoms with Crippen molar-refractivity contribution in [2.24, 2.45) is 5.92 Å². The summed E-state index contributed by atoms with van der Waals surface area (Å²) in [6, 6.07) is 20.8. The molecule has 0 aliphatic carbocycles. The Morgan fingerprint density at radius 3 is 1.84 bits per heavy atom. The number of hydrogen-bond acceptors (Lipinski definition) is 6. The van der Waals surface area contributed by atoms with Crippen molar-refractivity contribution >= 4 is 48.2 Å². The van der Waals surface area contributed by atoms with Crippen LogP contribution in [0.2, 0.25) is 0 Å². The maximum absolute atomic E-state index is 13.9. The Balaban J connectivity index is 1.96. The van der Waals surface area contributed by atoms with Gasteiger partial charge in [0.1, 0.15) is 0 Å². The number of rotatable bonds is 9. The molecule has 1 aromatic heterocycles. The van der Waals surface area contributed by atoms with Crippen LogP contribution in [0, 0.1) is 5.92 Å². The van der Waals surface area contributed by atoms with Gasteiger partial charge in [-0.2, -0.15) is 3.71 Å². The number of anilines is 2. The molecule has 1 N–H and O–H groups in total. The van der Waals surface area contributed by atoms with Gasteiger partial charge in [0.25, 0.3) is 20.0 Å². The molecular formula is C27H27N3O5S2. The third kappa shape index (κ3) is 5.07. The minimum atomic E-state index is -4.58. The van der Waals surface area contributed by atoms with E-state index in [1.165, 1.54) is 66.9 Å². The van der Waals surface area contributed by atoms with E-state index < -0.39 is 20.0 Å². The fourth-order valence-corrected chi connectivity index (χ4v) is 7.85. The number of aromatic nitrogens is 1. The van der Waals surface area contributed by atoms with Gasteiger partial charge < -0.3 is 5.32 Å². The van der Waals surface area contributed by atoms with Crippen molar-refractivity contribution < 1.29 is 21.6 Å². The zero-order valence-corrected chi connectivity index (χ0v) is 22.0. The summed E-state index contributed by atoms with van der Waals surface area (Å²) in [6.07, 6.45) is 2.81. The summed E-state index contributed by atoms with van der Waals surface area (Å²) >= 11 is 0. The summed E-state index contributed by atoms with van der Waals surface area (Å²) in [5, 5.41) is 3.13. The second-order valence-corrected chi connectivity index (χ2v) is 12.2. The lowest BCUT2D eigenvalue weighted by Gasteiger charge is -2.26. The predicted octanol–water partition coefficient (Wildman–Crippen LogP) is 5.19. The summed E-state index contributed by atoms with van der Waals surface area (Å²) in [5.74, 6) is -0.387. The highest BCUT2D eigenvalue weighted by molar-refractivity contribution is 8.10. The fraction of sp³-hybridized carbons (Fsp3) is 0.185. The first kappa shape index (κ1) is 26.3. The minimum absolute atomic E-state index is 0.101. The predicted molar refractivity (Wildman–Crippen MR) is 144 cm³/mol. The summed E-state index contributed by atoms with van der Waals surface area (Å²) in [6.45, 7) is 3.85. The third-order valence-electron chi connectivity index (χ3n) is 6.08. The van der Waals surface area contributed by atoms with E-state index in [2.05, 4.69) is 10.3 Å².